The fourth-order valence-corrected chi connectivity index (χ4v) is 5.21. The smallest absolute Gasteiger partial charge is 0.416 e. The maximum Gasteiger partial charge on any atom is 0.416 e. The zero-order chi connectivity index (χ0) is 29.8. The van der Waals surface area contributed by atoms with Crippen LogP contribution < -0.4 is 9.04 Å². The highest BCUT2D eigenvalue weighted by Crippen LogP contribution is 2.31. The third-order valence-corrected chi connectivity index (χ3v) is 7.90. The maximum absolute atomic E-state index is 13.3. The molecule has 0 aliphatic carbocycles. The van der Waals surface area contributed by atoms with E-state index in [9.17, 15) is 31.5 Å². The Morgan fingerprint density at radius 1 is 1.02 bits per heavy atom. The number of hydrogen-bond acceptors (Lipinski definition) is 6. The minimum atomic E-state index is -4.45. The monoisotopic (exact) mass is 589 g/mol. The van der Waals surface area contributed by atoms with Crippen LogP contribution in [0.4, 0.5) is 18.9 Å². The van der Waals surface area contributed by atoms with E-state index < -0.39 is 34.5 Å². The first-order chi connectivity index (χ1) is 19.3. The van der Waals surface area contributed by atoms with Gasteiger partial charge in [-0.3, -0.25) is 9.10 Å². The summed E-state index contributed by atoms with van der Waals surface area (Å²) in [5.41, 5.74) is 0.864. The van der Waals surface area contributed by atoms with Gasteiger partial charge in [-0.2, -0.15) is 25.9 Å². The standard InChI is InChI=1S/C28H26F3N3O6S/c1-19-25(32-27(40-19)21-11-13-22(14-12-21)28(29,30)31)18-39-24-10-6-7-20(15-24)16-34(17-26(35)36)41(37,38)33(2)23-8-4-3-5-9-23/h3-15H,16-18H2,1-2H3,(H,35,36). The predicted octanol–water partition coefficient (Wildman–Crippen LogP) is 5.52. The molecule has 0 bridgehead atoms. The van der Waals surface area contributed by atoms with Crippen molar-refractivity contribution in [2.45, 2.75) is 26.3 Å². The van der Waals surface area contributed by atoms with Crippen molar-refractivity contribution in [2.24, 2.45) is 0 Å². The summed E-state index contributed by atoms with van der Waals surface area (Å²) >= 11 is 0. The highest BCUT2D eigenvalue weighted by molar-refractivity contribution is 7.90. The number of rotatable bonds is 11. The number of anilines is 1. The largest absolute Gasteiger partial charge is 0.487 e. The van der Waals surface area contributed by atoms with E-state index in [0.717, 1.165) is 20.7 Å². The number of ether oxygens (including phenoxy) is 1. The summed E-state index contributed by atoms with van der Waals surface area (Å²) in [6, 6.07) is 19.2. The Morgan fingerprint density at radius 2 is 1.71 bits per heavy atom. The van der Waals surface area contributed by atoms with Crippen molar-refractivity contribution < 1.29 is 40.6 Å². The normalized spacial score (nSPS) is 12.0. The van der Waals surface area contributed by atoms with Crippen molar-refractivity contribution in [3.05, 3.63) is 101 Å². The Hall–Kier alpha value is -4.36. The van der Waals surface area contributed by atoms with Crippen molar-refractivity contribution >= 4 is 21.9 Å². The van der Waals surface area contributed by atoms with Gasteiger partial charge in [-0.25, -0.2) is 4.98 Å². The fraction of sp³-hybridized carbons (Fsp3) is 0.214. The number of carboxylic acid groups (broad SMARTS) is 1. The molecular formula is C28H26F3N3O6S. The predicted molar refractivity (Wildman–Crippen MR) is 144 cm³/mol. The number of halogens is 3. The van der Waals surface area contributed by atoms with Crippen LogP contribution in [0.1, 0.15) is 22.6 Å². The summed E-state index contributed by atoms with van der Waals surface area (Å²) in [4.78, 5) is 15.9. The molecule has 0 saturated heterocycles. The second kappa shape index (κ2) is 12.0. The van der Waals surface area contributed by atoms with Crippen LogP contribution in [0, 0.1) is 6.92 Å². The highest BCUT2D eigenvalue weighted by Gasteiger charge is 2.31. The molecule has 1 aromatic heterocycles. The molecule has 0 fully saturated rings. The van der Waals surface area contributed by atoms with E-state index in [-0.39, 0.29) is 19.0 Å². The third-order valence-electron chi connectivity index (χ3n) is 6.09. The van der Waals surface area contributed by atoms with Gasteiger partial charge >= 0.3 is 22.4 Å². The van der Waals surface area contributed by atoms with Crippen LogP contribution in [0.3, 0.4) is 0 Å². The van der Waals surface area contributed by atoms with Gasteiger partial charge in [0.15, 0.2) is 0 Å². The van der Waals surface area contributed by atoms with Gasteiger partial charge in [0.2, 0.25) is 5.89 Å². The molecule has 9 nitrogen and oxygen atoms in total. The highest BCUT2D eigenvalue weighted by atomic mass is 32.2. The van der Waals surface area contributed by atoms with Crippen LogP contribution in [-0.2, 0) is 34.3 Å². The number of alkyl halides is 3. The molecule has 4 aromatic rings. The Bertz CT molecular complexity index is 1610. The molecule has 1 heterocycles. The van der Waals surface area contributed by atoms with Gasteiger partial charge in [0, 0.05) is 19.2 Å². The first-order valence-electron chi connectivity index (χ1n) is 12.2. The number of aliphatic carboxylic acids is 1. The summed E-state index contributed by atoms with van der Waals surface area (Å²) < 4.78 is 78.4. The first kappa shape index (κ1) is 29.6. The molecule has 0 amide bonds. The minimum absolute atomic E-state index is 0.0344. The van der Waals surface area contributed by atoms with E-state index in [1.807, 2.05) is 0 Å². The molecule has 3 aromatic carbocycles. The van der Waals surface area contributed by atoms with Crippen LogP contribution in [0.15, 0.2) is 83.3 Å². The summed E-state index contributed by atoms with van der Waals surface area (Å²) in [6.07, 6.45) is -4.45. The van der Waals surface area contributed by atoms with E-state index in [1.54, 1.807) is 61.5 Å². The van der Waals surface area contributed by atoms with Crippen molar-refractivity contribution in [1.29, 1.82) is 0 Å². The van der Waals surface area contributed by atoms with Crippen LogP contribution in [0.2, 0.25) is 0 Å². The van der Waals surface area contributed by atoms with E-state index in [0.29, 0.717) is 34.0 Å². The van der Waals surface area contributed by atoms with Crippen molar-refractivity contribution in [3.8, 4) is 17.2 Å². The molecular weight excluding hydrogens is 563 g/mol. The molecule has 0 unspecified atom stereocenters. The zero-order valence-corrected chi connectivity index (χ0v) is 22.8. The van der Waals surface area contributed by atoms with Crippen molar-refractivity contribution in [1.82, 2.24) is 9.29 Å². The number of carbonyl (C=O) groups is 1. The summed E-state index contributed by atoms with van der Waals surface area (Å²) in [6.45, 7) is 0.625. The van der Waals surface area contributed by atoms with Gasteiger partial charge in [0.25, 0.3) is 0 Å². The fourth-order valence-electron chi connectivity index (χ4n) is 3.89. The van der Waals surface area contributed by atoms with Gasteiger partial charge in [-0.05, 0) is 61.0 Å². The lowest BCUT2D eigenvalue weighted by molar-refractivity contribution is -0.138. The number of benzene rings is 3. The zero-order valence-electron chi connectivity index (χ0n) is 22.0. The third kappa shape index (κ3) is 7.24. The van der Waals surface area contributed by atoms with Crippen LogP contribution in [0.25, 0.3) is 11.5 Å². The average Bonchev–Trinajstić information content (AvgIpc) is 3.31. The Kier molecular flexibility index (Phi) is 8.69. The second-order valence-corrected chi connectivity index (χ2v) is 11.0. The SMILES string of the molecule is Cc1oc(-c2ccc(C(F)(F)F)cc2)nc1COc1cccc(CN(CC(=O)O)S(=O)(=O)N(C)c2ccccc2)c1. The summed E-state index contributed by atoms with van der Waals surface area (Å²) in [7, 11) is -2.85. The molecule has 4 rings (SSSR count). The Morgan fingerprint density at radius 3 is 2.34 bits per heavy atom. The lowest BCUT2D eigenvalue weighted by Crippen LogP contribution is -2.44. The quantitative estimate of drug-likeness (QED) is 0.245. The number of aryl methyl sites for hydroxylation is 1. The number of hydrogen-bond donors (Lipinski definition) is 1. The Balaban J connectivity index is 1.47. The molecule has 0 atom stereocenters. The van der Waals surface area contributed by atoms with Crippen molar-refractivity contribution in [3.63, 3.8) is 0 Å². The number of oxazole rings is 1. The van der Waals surface area contributed by atoms with E-state index in [4.69, 9.17) is 9.15 Å². The second-order valence-electron chi connectivity index (χ2n) is 9.01. The molecule has 13 heteroatoms. The summed E-state index contributed by atoms with van der Waals surface area (Å²) in [5.74, 6) is -0.391. The molecule has 0 saturated carbocycles. The van der Waals surface area contributed by atoms with Gasteiger partial charge in [0.05, 0.1) is 11.3 Å². The number of aromatic nitrogens is 1. The van der Waals surface area contributed by atoms with Crippen molar-refractivity contribution in [2.75, 3.05) is 17.9 Å². The summed E-state index contributed by atoms with van der Waals surface area (Å²) in [5, 5.41) is 9.39. The maximum atomic E-state index is 13.3. The molecule has 0 radical (unpaired) electrons. The van der Waals surface area contributed by atoms with E-state index in [1.165, 1.54) is 19.2 Å². The van der Waals surface area contributed by atoms with Crippen LogP contribution in [-0.4, -0.2) is 42.4 Å². The van der Waals surface area contributed by atoms with Gasteiger partial charge in [0.1, 0.15) is 30.4 Å². The lowest BCUT2D eigenvalue weighted by atomic mass is 10.1. The number of carboxylic acids is 1. The van der Waals surface area contributed by atoms with Crippen LogP contribution in [0.5, 0.6) is 5.75 Å². The van der Waals surface area contributed by atoms with Crippen LogP contribution >= 0.6 is 0 Å². The number of para-hydroxylation sites is 1. The molecule has 41 heavy (non-hydrogen) atoms. The van der Waals surface area contributed by atoms with Gasteiger partial charge in [-0.15, -0.1) is 0 Å². The molecule has 0 spiro atoms. The Labute approximate surface area is 234 Å². The molecule has 0 aliphatic heterocycles. The average molecular weight is 590 g/mol. The van der Waals surface area contributed by atoms with E-state index in [2.05, 4.69) is 4.98 Å². The lowest BCUT2D eigenvalue weighted by Gasteiger charge is -2.27. The van der Waals surface area contributed by atoms with Gasteiger partial charge < -0.3 is 14.3 Å². The van der Waals surface area contributed by atoms with E-state index >= 15 is 0 Å². The first-order valence-corrected chi connectivity index (χ1v) is 13.6. The van der Waals surface area contributed by atoms with Gasteiger partial charge in [-0.1, -0.05) is 30.3 Å². The molecule has 0 aliphatic rings. The topological polar surface area (TPSA) is 113 Å². The molecule has 1 N–H and O–H groups in total. The number of nitrogens with zero attached hydrogens (tertiary/aromatic N) is 3. The molecule has 216 valence electrons. The minimum Gasteiger partial charge on any atom is -0.487 e.